The first kappa shape index (κ1) is 12.8. The van der Waals surface area contributed by atoms with Gasteiger partial charge >= 0.3 is 0 Å². The van der Waals surface area contributed by atoms with Gasteiger partial charge in [0, 0.05) is 17.8 Å². The van der Waals surface area contributed by atoms with E-state index in [1.807, 2.05) is 11.8 Å². The van der Waals surface area contributed by atoms with Crippen LogP contribution >= 0.6 is 11.8 Å². The smallest absolute Gasteiger partial charge is 0.171 e. The third-order valence-electron chi connectivity index (χ3n) is 4.77. The van der Waals surface area contributed by atoms with Gasteiger partial charge in [0.2, 0.25) is 0 Å². The van der Waals surface area contributed by atoms with Crippen molar-refractivity contribution in [2.24, 2.45) is 4.99 Å². The molecule has 2 atom stereocenters. The highest BCUT2D eigenvalue weighted by molar-refractivity contribution is 8.14. The molecule has 102 valence electrons. The van der Waals surface area contributed by atoms with Crippen LogP contribution in [-0.4, -0.2) is 33.6 Å². The first-order chi connectivity index (χ1) is 8.69. The molecule has 2 heterocycles. The van der Waals surface area contributed by atoms with Crippen LogP contribution in [0.25, 0.3) is 0 Å². The molecule has 2 aliphatic heterocycles. The summed E-state index contributed by atoms with van der Waals surface area (Å²) in [5.74, 6) is 1.20. The molecule has 0 aromatic heterocycles. The van der Waals surface area contributed by atoms with Crippen LogP contribution in [0.2, 0.25) is 0 Å². The summed E-state index contributed by atoms with van der Waals surface area (Å²) in [6.07, 6.45) is 9.32. The minimum Gasteiger partial charge on any atom is -0.297 e. The Bertz CT molecular complexity index is 326. The van der Waals surface area contributed by atoms with Gasteiger partial charge in [-0.1, -0.05) is 31.0 Å². The molecule has 0 bridgehead atoms. The Kier molecular flexibility index (Phi) is 3.59. The quantitative estimate of drug-likeness (QED) is 0.791. The Morgan fingerprint density at radius 2 is 1.83 bits per heavy atom. The summed E-state index contributed by atoms with van der Waals surface area (Å²) < 4.78 is 0. The van der Waals surface area contributed by atoms with Gasteiger partial charge in [-0.3, -0.25) is 10.4 Å². The lowest BCUT2D eigenvalue weighted by atomic mass is 10.00. The molecular weight excluding hydrogens is 242 g/mol. The van der Waals surface area contributed by atoms with Crippen LogP contribution in [0.1, 0.15) is 58.8 Å². The summed E-state index contributed by atoms with van der Waals surface area (Å²) in [7, 11) is 0. The normalized spacial score (nSPS) is 36.0. The highest BCUT2D eigenvalue weighted by atomic mass is 32.2. The Hall–Kier alpha value is -0.220. The number of aliphatic imine (C=N–C) groups is 1. The molecule has 1 spiro atoms. The second-order valence-corrected chi connectivity index (χ2v) is 7.25. The summed E-state index contributed by atoms with van der Waals surface area (Å²) in [4.78, 5) is 5.01. The minimum atomic E-state index is 0.301. The van der Waals surface area contributed by atoms with Crippen LogP contribution in [0.5, 0.6) is 0 Å². The number of amidine groups is 1. The van der Waals surface area contributed by atoms with E-state index in [0.29, 0.717) is 17.6 Å². The van der Waals surface area contributed by atoms with Crippen molar-refractivity contribution in [2.45, 2.75) is 76.4 Å². The van der Waals surface area contributed by atoms with Gasteiger partial charge in [-0.15, -0.1) is 0 Å². The lowest BCUT2D eigenvalue weighted by Crippen LogP contribution is -2.53. The summed E-state index contributed by atoms with van der Waals surface area (Å²) >= 11 is 1.93. The van der Waals surface area contributed by atoms with E-state index in [9.17, 15) is 0 Å². The van der Waals surface area contributed by atoms with E-state index in [1.165, 1.54) is 55.9 Å². The van der Waals surface area contributed by atoms with E-state index < -0.39 is 0 Å². The van der Waals surface area contributed by atoms with Crippen molar-refractivity contribution in [1.82, 2.24) is 10.4 Å². The summed E-state index contributed by atoms with van der Waals surface area (Å²) in [6, 6.07) is 1.27. The van der Waals surface area contributed by atoms with Crippen LogP contribution in [0.4, 0.5) is 0 Å². The number of hydrogen-bond donors (Lipinski definition) is 1. The molecule has 0 aromatic carbocycles. The highest BCUT2D eigenvalue weighted by Crippen LogP contribution is 2.40. The van der Waals surface area contributed by atoms with Gasteiger partial charge in [-0.25, -0.2) is 5.01 Å². The summed E-state index contributed by atoms with van der Waals surface area (Å²) in [6.45, 7) is 4.66. The predicted molar refractivity (Wildman–Crippen MR) is 78.8 cm³/mol. The maximum Gasteiger partial charge on any atom is 0.171 e. The molecule has 0 aromatic rings. The Morgan fingerprint density at radius 3 is 2.50 bits per heavy atom. The van der Waals surface area contributed by atoms with Crippen molar-refractivity contribution in [3.8, 4) is 0 Å². The fourth-order valence-electron chi connectivity index (χ4n) is 3.58. The molecule has 4 heteroatoms. The molecule has 3 rings (SSSR count). The number of thioether (sulfide) groups is 1. The standard InChI is InChI=1S/C14H25N3S/c1-11-6-5-7-12(2)17(11)16-13-15-14(10-18-13)8-3-4-9-14/h11-12H,3-10H2,1-2H3,(H,15,16). The maximum absolute atomic E-state index is 5.01. The molecular formula is C14H25N3S. The summed E-state index contributed by atoms with van der Waals surface area (Å²) in [5.41, 5.74) is 3.92. The number of hydrazine groups is 1. The fourth-order valence-corrected chi connectivity index (χ4v) is 4.77. The van der Waals surface area contributed by atoms with Crippen LogP contribution in [0.15, 0.2) is 4.99 Å². The van der Waals surface area contributed by atoms with E-state index in [0.717, 1.165) is 0 Å². The number of nitrogens with zero attached hydrogens (tertiary/aromatic N) is 2. The molecule has 18 heavy (non-hydrogen) atoms. The predicted octanol–water partition coefficient (Wildman–Crippen LogP) is 3.17. The zero-order valence-corrected chi connectivity index (χ0v) is 12.4. The topological polar surface area (TPSA) is 27.6 Å². The van der Waals surface area contributed by atoms with E-state index in [2.05, 4.69) is 24.3 Å². The Morgan fingerprint density at radius 1 is 1.17 bits per heavy atom. The van der Waals surface area contributed by atoms with Crippen LogP contribution < -0.4 is 5.43 Å². The van der Waals surface area contributed by atoms with Crippen molar-refractivity contribution in [1.29, 1.82) is 0 Å². The third kappa shape index (κ3) is 2.42. The van der Waals surface area contributed by atoms with Gasteiger partial charge in [0.05, 0.1) is 5.54 Å². The lowest BCUT2D eigenvalue weighted by Gasteiger charge is -2.39. The monoisotopic (exact) mass is 267 g/mol. The SMILES string of the molecule is CC1CCCC(C)N1NC1=NC2(CCCC2)CS1. The van der Waals surface area contributed by atoms with Gasteiger partial charge in [-0.05, 0) is 39.5 Å². The number of hydrogen-bond acceptors (Lipinski definition) is 4. The largest absolute Gasteiger partial charge is 0.297 e. The van der Waals surface area contributed by atoms with Gasteiger partial charge in [0.1, 0.15) is 0 Å². The highest BCUT2D eigenvalue weighted by Gasteiger charge is 2.39. The molecule has 0 amide bonds. The second-order valence-electron chi connectivity index (χ2n) is 6.29. The summed E-state index contributed by atoms with van der Waals surface area (Å²) in [5, 5.41) is 3.61. The van der Waals surface area contributed by atoms with Crippen molar-refractivity contribution < 1.29 is 0 Å². The Labute approximate surface area is 115 Å². The van der Waals surface area contributed by atoms with Gasteiger partial charge < -0.3 is 0 Å². The maximum atomic E-state index is 5.01. The second kappa shape index (κ2) is 5.04. The molecule has 3 aliphatic rings. The molecule has 1 N–H and O–H groups in total. The first-order valence-corrected chi connectivity index (χ1v) is 8.45. The van der Waals surface area contributed by atoms with Crippen LogP contribution in [-0.2, 0) is 0 Å². The minimum absolute atomic E-state index is 0.301. The molecule has 2 fully saturated rings. The zero-order valence-electron chi connectivity index (χ0n) is 11.6. The van der Waals surface area contributed by atoms with Crippen LogP contribution in [0, 0.1) is 0 Å². The molecule has 1 aliphatic carbocycles. The molecule has 0 radical (unpaired) electrons. The lowest BCUT2D eigenvalue weighted by molar-refractivity contribution is 0.0751. The Balaban J connectivity index is 1.65. The van der Waals surface area contributed by atoms with E-state index in [4.69, 9.17) is 4.99 Å². The van der Waals surface area contributed by atoms with Gasteiger partial charge in [-0.2, -0.15) is 0 Å². The average molecular weight is 267 g/mol. The molecule has 2 unspecified atom stereocenters. The van der Waals surface area contributed by atoms with Crippen LogP contribution in [0.3, 0.4) is 0 Å². The van der Waals surface area contributed by atoms with E-state index in [-0.39, 0.29) is 0 Å². The third-order valence-corrected chi connectivity index (χ3v) is 5.91. The zero-order chi connectivity index (χ0) is 12.6. The molecule has 1 saturated carbocycles. The number of piperidine rings is 1. The average Bonchev–Trinajstić information content (AvgIpc) is 2.96. The van der Waals surface area contributed by atoms with Gasteiger partial charge in [0.25, 0.3) is 0 Å². The van der Waals surface area contributed by atoms with Gasteiger partial charge in [0.15, 0.2) is 5.17 Å². The first-order valence-electron chi connectivity index (χ1n) is 7.46. The van der Waals surface area contributed by atoms with Crippen molar-refractivity contribution in [3.05, 3.63) is 0 Å². The van der Waals surface area contributed by atoms with Crippen molar-refractivity contribution in [3.63, 3.8) is 0 Å². The van der Waals surface area contributed by atoms with Crippen molar-refractivity contribution in [2.75, 3.05) is 5.75 Å². The number of rotatable bonds is 1. The van der Waals surface area contributed by atoms with E-state index in [1.54, 1.807) is 0 Å². The fraction of sp³-hybridized carbons (Fsp3) is 0.929. The molecule has 3 nitrogen and oxygen atoms in total. The molecule has 1 saturated heterocycles. The van der Waals surface area contributed by atoms with Crippen molar-refractivity contribution >= 4 is 16.9 Å². The van der Waals surface area contributed by atoms with E-state index >= 15 is 0 Å². The number of nitrogens with one attached hydrogen (secondary N) is 1.